The number of nitrogens with one attached hydrogen (secondary N) is 1. The SMILES string of the molecule is O=[N+]([O-])c1ccc(NCC2CCCC2)c(C(F)(F)F)c1. The molecule has 0 saturated heterocycles. The first-order valence-corrected chi connectivity index (χ1v) is 6.47. The molecule has 0 atom stereocenters. The molecular weight excluding hydrogens is 273 g/mol. The molecule has 0 heterocycles. The lowest BCUT2D eigenvalue weighted by Crippen LogP contribution is -2.15. The maximum atomic E-state index is 12.9. The van der Waals surface area contributed by atoms with Crippen LogP contribution in [0, 0.1) is 16.0 Å². The Hall–Kier alpha value is -1.79. The molecule has 2 rings (SSSR count). The van der Waals surface area contributed by atoms with Crippen LogP contribution in [0.25, 0.3) is 0 Å². The molecule has 1 aliphatic rings. The highest BCUT2D eigenvalue weighted by atomic mass is 19.4. The molecule has 0 amide bonds. The quantitative estimate of drug-likeness (QED) is 0.666. The van der Waals surface area contributed by atoms with E-state index < -0.39 is 22.4 Å². The van der Waals surface area contributed by atoms with Crippen LogP contribution in [0.4, 0.5) is 24.5 Å². The summed E-state index contributed by atoms with van der Waals surface area (Å²) >= 11 is 0. The Morgan fingerprint density at radius 2 is 1.95 bits per heavy atom. The molecular formula is C13H15F3N2O2. The fourth-order valence-corrected chi connectivity index (χ4v) is 2.50. The van der Waals surface area contributed by atoms with Crippen LogP contribution in [0.3, 0.4) is 0 Å². The number of anilines is 1. The molecule has 0 aromatic heterocycles. The van der Waals surface area contributed by atoms with Crippen LogP contribution in [-0.2, 0) is 6.18 Å². The van der Waals surface area contributed by atoms with E-state index >= 15 is 0 Å². The smallest absolute Gasteiger partial charge is 0.384 e. The largest absolute Gasteiger partial charge is 0.418 e. The van der Waals surface area contributed by atoms with E-state index in [0.717, 1.165) is 37.8 Å². The van der Waals surface area contributed by atoms with E-state index in [4.69, 9.17) is 0 Å². The Bertz CT molecular complexity index is 497. The van der Waals surface area contributed by atoms with Gasteiger partial charge >= 0.3 is 6.18 Å². The minimum absolute atomic E-state index is 0.0880. The third-order valence-corrected chi connectivity index (χ3v) is 3.58. The Morgan fingerprint density at radius 1 is 1.30 bits per heavy atom. The lowest BCUT2D eigenvalue weighted by molar-refractivity contribution is -0.385. The van der Waals surface area contributed by atoms with E-state index in [-0.39, 0.29) is 5.69 Å². The predicted molar refractivity (Wildman–Crippen MR) is 68.5 cm³/mol. The van der Waals surface area contributed by atoms with Crippen molar-refractivity contribution in [1.29, 1.82) is 0 Å². The molecule has 0 bridgehead atoms. The van der Waals surface area contributed by atoms with Gasteiger partial charge in [-0.1, -0.05) is 12.8 Å². The summed E-state index contributed by atoms with van der Waals surface area (Å²) in [6.45, 7) is 0.473. The first kappa shape index (κ1) is 14.6. The molecule has 0 radical (unpaired) electrons. The second-order valence-electron chi connectivity index (χ2n) is 5.02. The van der Waals surface area contributed by atoms with Crippen molar-refractivity contribution in [3.8, 4) is 0 Å². The number of halogens is 3. The van der Waals surface area contributed by atoms with Crippen LogP contribution in [0.5, 0.6) is 0 Å². The van der Waals surface area contributed by atoms with Gasteiger partial charge < -0.3 is 5.32 Å². The lowest BCUT2D eigenvalue weighted by Gasteiger charge is -2.16. The highest BCUT2D eigenvalue weighted by Gasteiger charge is 2.35. The van der Waals surface area contributed by atoms with Crippen LogP contribution in [0.15, 0.2) is 18.2 Å². The van der Waals surface area contributed by atoms with Crippen molar-refractivity contribution in [3.63, 3.8) is 0 Å². The summed E-state index contributed by atoms with van der Waals surface area (Å²) < 4.78 is 38.8. The van der Waals surface area contributed by atoms with E-state index in [1.165, 1.54) is 0 Å². The normalized spacial score (nSPS) is 16.4. The van der Waals surface area contributed by atoms with Crippen molar-refractivity contribution in [2.75, 3.05) is 11.9 Å². The van der Waals surface area contributed by atoms with E-state index in [1.54, 1.807) is 0 Å². The second-order valence-corrected chi connectivity index (χ2v) is 5.02. The summed E-state index contributed by atoms with van der Waals surface area (Å²) in [6.07, 6.45) is -0.357. The highest BCUT2D eigenvalue weighted by Crippen LogP contribution is 2.37. The van der Waals surface area contributed by atoms with Crippen LogP contribution in [0.2, 0.25) is 0 Å². The third-order valence-electron chi connectivity index (χ3n) is 3.58. The van der Waals surface area contributed by atoms with E-state index in [0.29, 0.717) is 18.5 Å². The van der Waals surface area contributed by atoms with Crippen molar-refractivity contribution in [1.82, 2.24) is 0 Å². The lowest BCUT2D eigenvalue weighted by atomic mass is 10.1. The van der Waals surface area contributed by atoms with Gasteiger partial charge in [0, 0.05) is 24.4 Å². The van der Waals surface area contributed by atoms with Crippen molar-refractivity contribution < 1.29 is 18.1 Å². The fourth-order valence-electron chi connectivity index (χ4n) is 2.50. The zero-order chi connectivity index (χ0) is 14.8. The average Bonchev–Trinajstić information content (AvgIpc) is 2.88. The number of hydrogen-bond acceptors (Lipinski definition) is 3. The summed E-state index contributed by atoms with van der Waals surface area (Å²) in [5.74, 6) is 0.381. The van der Waals surface area contributed by atoms with Gasteiger partial charge in [-0.3, -0.25) is 10.1 Å². The molecule has 7 heteroatoms. The van der Waals surface area contributed by atoms with Gasteiger partial charge in [-0.05, 0) is 24.8 Å². The van der Waals surface area contributed by atoms with Crippen LogP contribution in [-0.4, -0.2) is 11.5 Å². The van der Waals surface area contributed by atoms with E-state index in [1.807, 2.05) is 0 Å². The van der Waals surface area contributed by atoms with Gasteiger partial charge in [0.2, 0.25) is 0 Å². The maximum absolute atomic E-state index is 12.9. The molecule has 1 saturated carbocycles. The number of alkyl halides is 3. The molecule has 110 valence electrons. The number of benzene rings is 1. The molecule has 1 fully saturated rings. The maximum Gasteiger partial charge on any atom is 0.418 e. The predicted octanol–water partition coefficient (Wildman–Crippen LogP) is 4.22. The second kappa shape index (κ2) is 5.68. The number of nitrogens with zero attached hydrogens (tertiary/aromatic N) is 1. The molecule has 0 unspecified atom stereocenters. The topological polar surface area (TPSA) is 55.2 Å². The Balaban J connectivity index is 2.19. The van der Waals surface area contributed by atoms with Gasteiger partial charge in [-0.15, -0.1) is 0 Å². The molecule has 0 spiro atoms. The minimum Gasteiger partial charge on any atom is -0.384 e. The molecule has 1 aromatic carbocycles. The van der Waals surface area contributed by atoms with Gasteiger partial charge in [-0.25, -0.2) is 0 Å². The number of rotatable bonds is 4. The molecule has 1 N–H and O–H groups in total. The molecule has 1 aromatic rings. The Labute approximate surface area is 114 Å². The van der Waals surface area contributed by atoms with Crippen LogP contribution < -0.4 is 5.32 Å². The zero-order valence-corrected chi connectivity index (χ0v) is 10.7. The molecule has 1 aliphatic carbocycles. The van der Waals surface area contributed by atoms with Crippen LogP contribution in [0.1, 0.15) is 31.2 Å². The Kier molecular flexibility index (Phi) is 4.15. The summed E-state index contributed by atoms with van der Waals surface area (Å²) in [5, 5.41) is 13.4. The van der Waals surface area contributed by atoms with Gasteiger partial charge in [0.25, 0.3) is 5.69 Å². The Morgan fingerprint density at radius 3 is 2.50 bits per heavy atom. The van der Waals surface area contributed by atoms with Gasteiger partial charge in [0.1, 0.15) is 0 Å². The molecule has 4 nitrogen and oxygen atoms in total. The summed E-state index contributed by atoms with van der Waals surface area (Å²) in [6, 6.07) is 2.80. The first-order chi connectivity index (χ1) is 9.38. The van der Waals surface area contributed by atoms with E-state index in [9.17, 15) is 23.3 Å². The number of nitro benzene ring substituents is 1. The van der Waals surface area contributed by atoms with Crippen molar-refractivity contribution in [2.45, 2.75) is 31.9 Å². The molecule has 0 aliphatic heterocycles. The molecule has 20 heavy (non-hydrogen) atoms. The van der Waals surface area contributed by atoms with Gasteiger partial charge in [0.05, 0.1) is 10.5 Å². The zero-order valence-electron chi connectivity index (χ0n) is 10.7. The monoisotopic (exact) mass is 288 g/mol. The fraction of sp³-hybridized carbons (Fsp3) is 0.538. The van der Waals surface area contributed by atoms with Crippen molar-refractivity contribution in [3.05, 3.63) is 33.9 Å². The van der Waals surface area contributed by atoms with E-state index in [2.05, 4.69) is 5.32 Å². The van der Waals surface area contributed by atoms with Crippen molar-refractivity contribution in [2.24, 2.45) is 5.92 Å². The van der Waals surface area contributed by atoms with Crippen molar-refractivity contribution >= 4 is 11.4 Å². The average molecular weight is 288 g/mol. The minimum atomic E-state index is -4.61. The standard InChI is InChI=1S/C13H15F3N2O2/c14-13(15,16)11-7-10(18(19)20)5-6-12(11)17-8-9-3-1-2-4-9/h5-7,9,17H,1-4,8H2. The summed E-state index contributed by atoms with van der Waals surface area (Å²) in [7, 11) is 0. The number of nitro groups is 1. The van der Waals surface area contributed by atoms with Crippen LogP contribution >= 0.6 is 0 Å². The number of hydrogen-bond donors (Lipinski definition) is 1. The van der Waals surface area contributed by atoms with Gasteiger partial charge in [0.15, 0.2) is 0 Å². The third kappa shape index (κ3) is 3.40. The number of non-ortho nitro benzene ring substituents is 1. The summed E-state index contributed by atoms with van der Waals surface area (Å²) in [5.41, 5.74) is -1.62. The highest BCUT2D eigenvalue weighted by molar-refractivity contribution is 5.57. The van der Waals surface area contributed by atoms with Gasteiger partial charge in [-0.2, -0.15) is 13.2 Å². The summed E-state index contributed by atoms with van der Waals surface area (Å²) in [4.78, 5) is 9.75. The first-order valence-electron chi connectivity index (χ1n) is 6.47.